The third-order valence-electron chi connectivity index (χ3n) is 3.85. The van der Waals surface area contributed by atoms with E-state index in [1.54, 1.807) is 0 Å². The van der Waals surface area contributed by atoms with Crippen molar-refractivity contribution in [3.8, 4) is 0 Å². The monoisotopic (exact) mass is 278 g/mol. The number of hydrogen-bond acceptors (Lipinski definition) is 4. The Labute approximate surface area is 120 Å². The van der Waals surface area contributed by atoms with E-state index in [0.717, 1.165) is 35.7 Å². The lowest BCUT2D eigenvalue weighted by Gasteiger charge is -2.36. The molecule has 104 valence electrons. The van der Waals surface area contributed by atoms with Gasteiger partial charge in [-0.05, 0) is 37.7 Å². The van der Waals surface area contributed by atoms with Crippen molar-refractivity contribution in [1.82, 2.24) is 10.2 Å². The minimum atomic E-state index is 0.413. The lowest BCUT2D eigenvalue weighted by Crippen LogP contribution is -2.40. The van der Waals surface area contributed by atoms with Crippen molar-refractivity contribution in [2.24, 2.45) is 17.6 Å². The molecule has 1 aliphatic heterocycles. The van der Waals surface area contributed by atoms with Gasteiger partial charge in [-0.15, -0.1) is 5.10 Å². The molecule has 2 N–H and O–H groups in total. The first-order valence-corrected chi connectivity index (χ1v) is 7.19. The van der Waals surface area contributed by atoms with Gasteiger partial charge in [0.15, 0.2) is 5.82 Å². The summed E-state index contributed by atoms with van der Waals surface area (Å²) in [4.78, 5) is 2.70. The molecule has 4 nitrogen and oxygen atoms in total. The average molecular weight is 278 g/mol. The highest BCUT2D eigenvalue weighted by molar-refractivity contribution is 7.80. The van der Waals surface area contributed by atoms with Gasteiger partial charge in [-0.3, -0.25) is 0 Å². The Bertz CT molecular complexity index is 490. The van der Waals surface area contributed by atoms with Crippen LogP contribution in [-0.4, -0.2) is 28.3 Å². The number of nitrogens with two attached hydrogens (primary N) is 1. The van der Waals surface area contributed by atoms with Crippen LogP contribution in [0.3, 0.4) is 0 Å². The lowest BCUT2D eigenvalue weighted by atomic mass is 9.91. The summed E-state index contributed by atoms with van der Waals surface area (Å²) in [5.74, 6) is 2.17. The topological polar surface area (TPSA) is 55.0 Å². The summed E-state index contributed by atoms with van der Waals surface area (Å²) in [6, 6.07) is 0. The van der Waals surface area contributed by atoms with Crippen molar-refractivity contribution in [1.29, 1.82) is 0 Å². The molecular weight excluding hydrogens is 256 g/mol. The Morgan fingerprint density at radius 1 is 1.21 bits per heavy atom. The fourth-order valence-corrected chi connectivity index (χ4v) is 3.19. The number of thiocarbonyl (C=S) groups is 1. The molecule has 1 fully saturated rings. The maximum absolute atomic E-state index is 5.90. The van der Waals surface area contributed by atoms with E-state index in [1.165, 1.54) is 6.42 Å². The van der Waals surface area contributed by atoms with E-state index in [0.29, 0.717) is 16.8 Å². The van der Waals surface area contributed by atoms with Gasteiger partial charge in [-0.2, -0.15) is 5.10 Å². The normalized spacial score (nSPS) is 23.5. The van der Waals surface area contributed by atoms with Gasteiger partial charge in [-0.1, -0.05) is 26.1 Å². The minimum Gasteiger partial charge on any atom is -0.389 e. The summed E-state index contributed by atoms with van der Waals surface area (Å²) in [6.07, 6.45) is 1.26. The zero-order valence-electron chi connectivity index (χ0n) is 12.1. The molecule has 0 aromatic carbocycles. The van der Waals surface area contributed by atoms with Crippen LogP contribution in [0.15, 0.2) is 0 Å². The third-order valence-corrected chi connectivity index (χ3v) is 4.05. The molecule has 5 heteroatoms. The van der Waals surface area contributed by atoms with Gasteiger partial charge in [-0.25, -0.2) is 0 Å². The smallest absolute Gasteiger partial charge is 0.161 e. The summed E-state index contributed by atoms with van der Waals surface area (Å²) >= 11 is 5.21. The number of rotatable bonds is 2. The van der Waals surface area contributed by atoms with Crippen LogP contribution in [0.5, 0.6) is 0 Å². The highest BCUT2D eigenvalue weighted by atomic mass is 32.1. The Balaban J connectivity index is 2.44. The molecule has 0 bridgehead atoms. The fraction of sp³-hybridized carbons (Fsp3) is 0.643. The second-order valence-electron chi connectivity index (χ2n) is 5.82. The maximum Gasteiger partial charge on any atom is 0.161 e. The molecule has 2 rings (SSSR count). The van der Waals surface area contributed by atoms with Crippen LogP contribution in [-0.2, 0) is 0 Å². The molecule has 0 amide bonds. The van der Waals surface area contributed by atoms with Crippen LogP contribution in [0.1, 0.15) is 37.1 Å². The van der Waals surface area contributed by atoms with Crippen molar-refractivity contribution >= 4 is 23.0 Å². The van der Waals surface area contributed by atoms with Crippen LogP contribution in [0, 0.1) is 25.7 Å². The fourth-order valence-electron chi connectivity index (χ4n) is 2.95. The van der Waals surface area contributed by atoms with E-state index in [4.69, 9.17) is 18.0 Å². The van der Waals surface area contributed by atoms with Crippen molar-refractivity contribution in [2.45, 2.75) is 34.1 Å². The average Bonchev–Trinajstić information content (AvgIpc) is 2.30. The van der Waals surface area contributed by atoms with Crippen LogP contribution in [0.2, 0.25) is 0 Å². The summed E-state index contributed by atoms with van der Waals surface area (Å²) in [6.45, 7) is 10.5. The quantitative estimate of drug-likeness (QED) is 0.841. The first-order valence-electron chi connectivity index (χ1n) is 6.78. The number of anilines is 1. The molecule has 0 saturated carbocycles. The Morgan fingerprint density at radius 2 is 1.79 bits per heavy atom. The summed E-state index contributed by atoms with van der Waals surface area (Å²) in [5.41, 5.74) is 8.73. The minimum absolute atomic E-state index is 0.413. The third kappa shape index (κ3) is 2.86. The number of aromatic nitrogens is 2. The highest BCUT2D eigenvalue weighted by Gasteiger charge is 2.26. The number of piperidine rings is 1. The first kappa shape index (κ1) is 14.2. The second kappa shape index (κ2) is 5.41. The van der Waals surface area contributed by atoms with Crippen LogP contribution >= 0.6 is 12.2 Å². The van der Waals surface area contributed by atoms with E-state index in [1.807, 2.05) is 13.8 Å². The Morgan fingerprint density at radius 3 is 2.32 bits per heavy atom. The molecule has 1 aromatic rings. The van der Waals surface area contributed by atoms with E-state index >= 15 is 0 Å². The van der Waals surface area contributed by atoms with Gasteiger partial charge in [0, 0.05) is 13.1 Å². The molecule has 2 atom stereocenters. The Kier molecular flexibility index (Phi) is 4.04. The molecule has 1 aliphatic rings. The van der Waals surface area contributed by atoms with E-state index in [2.05, 4.69) is 28.9 Å². The van der Waals surface area contributed by atoms with Crippen molar-refractivity contribution in [3.63, 3.8) is 0 Å². The number of hydrogen-bond donors (Lipinski definition) is 1. The maximum atomic E-state index is 5.90. The molecule has 19 heavy (non-hydrogen) atoms. The van der Waals surface area contributed by atoms with Gasteiger partial charge in [0.1, 0.15) is 4.99 Å². The summed E-state index contributed by atoms with van der Waals surface area (Å²) in [7, 11) is 0. The van der Waals surface area contributed by atoms with Crippen molar-refractivity contribution < 1.29 is 0 Å². The summed E-state index contributed by atoms with van der Waals surface area (Å²) < 4.78 is 0. The second-order valence-corrected chi connectivity index (χ2v) is 6.26. The highest BCUT2D eigenvalue weighted by Crippen LogP contribution is 2.28. The van der Waals surface area contributed by atoms with Gasteiger partial charge in [0.25, 0.3) is 0 Å². The molecule has 0 spiro atoms. The molecule has 1 saturated heterocycles. The molecule has 1 aromatic heterocycles. The molecular formula is C14H22N4S. The van der Waals surface area contributed by atoms with Crippen LogP contribution in [0.4, 0.5) is 5.82 Å². The standard InChI is InChI=1S/C14H22N4S/c1-8-5-9(2)7-18(6-8)14-12(13(15)19)10(3)11(4)16-17-14/h8-9H,5-7H2,1-4H3,(H2,15,19). The molecule has 0 aliphatic carbocycles. The summed E-state index contributed by atoms with van der Waals surface area (Å²) in [5, 5.41) is 8.60. The first-order chi connectivity index (χ1) is 8.90. The zero-order valence-corrected chi connectivity index (χ0v) is 12.9. The SMILES string of the molecule is Cc1nnc(N2CC(C)CC(C)C2)c(C(N)=S)c1C. The van der Waals surface area contributed by atoms with Gasteiger partial charge >= 0.3 is 0 Å². The van der Waals surface area contributed by atoms with Crippen LogP contribution < -0.4 is 10.6 Å². The lowest BCUT2D eigenvalue weighted by molar-refractivity contribution is 0.354. The van der Waals surface area contributed by atoms with Crippen molar-refractivity contribution in [2.75, 3.05) is 18.0 Å². The van der Waals surface area contributed by atoms with Crippen LogP contribution in [0.25, 0.3) is 0 Å². The Hall–Kier alpha value is -1.23. The number of nitrogens with zero attached hydrogens (tertiary/aromatic N) is 3. The molecule has 0 radical (unpaired) electrons. The van der Waals surface area contributed by atoms with Gasteiger partial charge < -0.3 is 10.6 Å². The van der Waals surface area contributed by atoms with Crippen molar-refractivity contribution in [3.05, 3.63) is 16.8 Å². The van der Waals surface area contributed by atoms with E-state index < -0.39 is 0 Å². The number of aryl methyl sites for hydroxylation is 1. The predicted octanol–water partition coefficient (Wildman–Crippen LogP) is 2.21. The van der Waals surface area contributed by atoms with Gasteiger partial charge in [0.05, 0.1) is 11.3 Å². The molecule has 2 unspecified atom stereocenters. The van der Waals surface area contributed by atoms with E-state index in [-0.39, 0.29) is 0 Å². The largest absolute Gasteiger partial charge is 0.389 e. The van der Waals surface area contributed by atoms with Gasteiger partial charge in [0.2, 0.25) is 0 Å². The zero-order chi connectivity index (χ0) is 14.2. The predicted molar refractivity (Wildman–Crippen MR) is 82.6 cm³/mol. The molecule has 2 heterocycles. The van der Waals surface area contributed by atoms with E-state index in [9.17, 15) is 0 Å².